The average Bonchev–Trinajstić information content (AvgIpc) is 2.87. The predicted octanol–water partition coefficient (Wildman–Crippen LogP) is 2.40. The zero-order chi connectivity index (χ0) is 13.0. The van der Waals surface area contributed by atoms with Crippen LogP contribution in [-0.2, 0) is 6.42 Å². The minimum absolute atomic E-state index is 0.208. The summed E-state index contributed by atoms with van der Waals surface area (Å²) in [5, 5.41) is 11.7. The van der Waals surface area contributed by atoms with Gasteiger partial charge in [0.2, 0.25) is 0 Å². The third-order valence-corrected chi connectivity index (χ3v) is 2.82. The molecule has 0 aliphatic heterocycles. The van der Waals surface area contributed by atoms with Crippen molar-refractivity contribution in [2.45, 2.75) is 39.7 Å². The smallest absolute Gasteiger partial charge is 0.156 e. The highest BCUT2D eigenvalue weighted by atomic mass is 16.5. The van der Waals surface area contributed by atoms with Gasteiger partial charge in [0.15, 0.2) is 5.82 Å². The van der Waals surface area contributed by atoms with Crippen LogP contribution >= 0.6 is 0 Å². The molecule has 1 aromatic heterocycles. The van der Waals surface area contributed by atoms with E-state index in [0.29, 0.717) is 0 Å². The fraction of sp³-hybridized carbons (Fsp3) is 0.462. The zero-order valence-electron chi connectivity index (χ0n) is 11.0. The van der Waals surface area contributed by atoms with Crippen LogP contribution in [0, 0.1) is 0 Å². The monoisotopic (exact) mass is 246 g/mol. The Morgan fingerprint density at radius 2 is 2.17 bits per heavy atom. The number of aromatic nitrogens is 4. The van der Waals surface area contributed by atoms with Crippen molar-refractivity contribution in [3.63, 3.8) is 0 Å². The lowest BCUT2D eigenvalue weighted by Crippen LogP contribution is -2.10. The summed E-state index contributed by atoms with van der Waals surface area (Å²) in [6.45, 7) is 6.19. The largest absolute Gasteiger partial charge is 0.491 e. The van der Waals surface area contributed by atoms with Crippen molar-refractivity contribution in [2.24, 2.45) is 0 Å². The highest BCUT2D eigenvalue weighted by molar-refractivity contribution is 5.38. The van der Waals surface area contributed by atoms with E-state index in [-0.39, 0.29) is 6.10 Å². The Kier molecular flexibility index (Phi) is 3.92. The SMILES string of the molecule is CCc1nnnn1-c1cccc(OC(C)CC)c1. The molecule has 1 unspecified atom stereocenters. The standard InChI is InChI=1S/C13H18N4O/c1-4-10(3)18-12-8-6-7-11(9-12)17-13(5-2)14-15-16-17/h6-10H,4-5H2,1-3H3. The molecule has 1 heterocycles. The Bertz CT molecular complexity index is 509. The lowest BCUT2D eigenvalue weighted by atomic mass is 10.2. The predicted molar refractivity (Wildman–Crippen MR) is 68.9 cm³/mol. The molecule has 2 rings (SSSR count). The van der Waals surface area contributed by atoms with Gasteiger partial charge in [-0.25, -0.2) is 0 Å². The maximum atomic E-state index is 5.79. The first-order chi connectivity index (χ1) is 8.74. The van der Waals surface area contributed by atoms with Gasteiger partial charge in [0, 0.05) is 12.5 Å². The average molecular weight is 246 g/mol. The summed E-state index contributed by atoms with van der Waals surface area (Å²) in [5.74, 6) is 1.69. The number of rotatable bonds is 5. The van der Waals surface area contributed by atoms with Crippen molar-refractivity contribution in [3.05, 3.63) is 30.1 Å². The molecule has 0 amide bonds. The van der Waals surface area contributed by atoms with Crippen LogP contribution in [0.1, 0.15) is 33.0 Å². The molecule has 2 aromatic rings. The maximum Gasteiger partial charge on any atom is 0.156 e. The molecule has 0 radical (unpaired) electrons. The van der Waals surface area contributed by atoms with Gasteiger partial charge in [-0.05, 0) is 35.9 Å². The molecule has 18 heavy (non-hydrogen) atoms. The van der Waals surface area contributed by atoms with E-state index in [1.165, 1.54) is 0 Å². The molecule has 0 spiro atoms. The fourth-order valence-electron chi connectivity index (χ4n) is 1.63. The number of hydrogen-bond acceptors (Lipinski definition) is 4. The van der Waals surface area contributed by atoms with Crippen molar-refractivity contribution in [1.82, 2.24) is 20.2 Å². The van der Waals surface area contributed by atoms with E-state index in [1.807, 2.05) is 31.2 Å². The van der Waals surface area contributed by atoms with Crippen LogP contribution in [0.4, 0.5) is 0 Å². The second-order valence-electron chi connectivity index (χ2n) is 4.19. The Balaban J connectivity index is 2.27. The van der Waals surface area contributed by atoms with E-state index in [2.05, 4.69) is 29.4 Å². The molecule has 96 valence electrons. The topological polar surface area (TPSA) is 52.8 Å². The van der Waals surface area contributed by atoms with Crippen LogP contribution in [0.3, 0.4) is 0 Å². The molecule has 0 aliphatic rings. The normalized spacial score (nSPS) is 12.4. The van der Waals surface area contributed by atoms with Gasteiger partial charge in [0.1, 0.15) is 5.75 Å². The molecule has 5 nitrogen and oxygen atoms in total. The van der Waals surface area contributed by atoms with Gasteiger partial charge in [0.05, 0.1) is 11.8 Å². The Hall–Kier alpha value is -1.91. The number of aryl methyl sites for hydroxylation is 1. The Morgan fingerprint density at radius 1 is 1.33 bits per heavy atom. The minimum atomic E-state index is 0.208. The highest BCUT2D eigenvalue weighted by Gasteiger charge is 2.08. The summed E-state index contributed by atoms with van der Waals surface area (Å²) in [5.41, 5.74) is 0.928. The number of tetrazole rings is 1. The van der Waals surface area contributed by atoms with Gasteiger partial charge in [0.25, 0.3) is 0 Å². The molecule has 0 N–H and O–H groups in total. The van der Waals surface area contributed by atoms with Gasteiger partial charge >= 0.3 is 0 Å². The van der Waals surface area contributed by atoms with E-state index >= 15 is 0 Å². The lowest BCUT2D eigenvalue weighted by Gasteiger charge is -2.13. The van der Waals surface area contributed by atoms with Crippen LogP contribution in [0.5, 0.6) is 5.75 Å². The van der Waals surface area contributed by atoms with Crippen LogP contribution in [0.2, 0.25) is 0 Å². The molecular weight excluding hydrogens is 228 g/mol. The zero-order valence-corrected chi connectivity index (χ0v) is 11.0. The van der Waals surface area contributed by atoms with Gasteiger partial charge in [-0.15, -0.1) is 5.10 Å². The van der Waals surface area contributed by atoms with Crippen LogP contribution in [0.15, 0.2) is 24.3 Å². The van der Waals surface area contributed by atoms with Crippen molar-refractivity contribution < 1.29 is 4.74 Å². The molecule has 0 saturated carbocycles. The summed E-state index contributed by atoms with van der Waals surface area (Å²) >= 11 is 0. The van der Waals surface area contributed by atoms with Crippen LogP contribution in [0.25, 0.3) is 5.69 Å². The summed E-state index contributed by atoms with van der Waals surface area (Å²) in [7, 11) is 0. The molecule has 1 aromatic carbocycles. The highest BCUT2D eigenvalue weighted by Crippen LogP contribution is 2.18. The third-order valence-electron chi connectivity index (χ3n) is 2.82. The first-order valence-electron chi connectivity index (χ1n) is 6.29. The summed E-state index contributed by atoms with van der Waals surface area (Å²) in [6.07, 6.45) is 1.98. The number of nitrogens with zero attached hydrogens (tertiary/aromatic N) is 4. The molecule has 5 heteroatoms. The lowest BCUT2D eigenvalue weighted by molar-refractivity contribution is 0.217. The van der Waals surface area contributed by atoms with Crippen molar-refractivity contribution in [2.75, 3.05) is 0 Å². The van der Waals surface area contributed by atoms with Gasteiger partial charge in [-0.2, -0.15) is 4.68 Å². The van der Waals surface area contributed by atoms with Crippen molar-refractivity contribution in [3.8, 4) is 11.4 Å². The molecule has 0 fully saturated rings. The van der Waals surface area contributed by atoms with E-state index in [0.717, 1.165) is 30.1 Å². The number of ether oxygens (including phenoxy) is 1. The fourth-order valence-corrected chi connectivity index (χ4v) is 1.63. The second-order valence-corrected chi connectivity index (χ2v) is 4.19. The van der Waals surface area contributed by atoms with E-state index in [1.54, 1.807) is 4.68 Å². The quantitative estimate of drug-likeness (QED) is 0.813. The summed E-state index contributed by atoms with van der Waals surface area (Å²) < 4.78 is 7.53. The first kappa shape index (κ1) is 12.5. The van der Waals surface area contributed by atoms with E-state index in [9.17, 15) is 0 Å². The third kappa shape index (κ3) is 2.67. The van der Waals surface area contributed by atoms with Gasteiger partial charge < -0.3 is 4.74 Å². The molecular formula is C13H18N4O. The molecule has 1 atom stereocenters. The van der Waals surface area contributed by atoms with Crippen molar-refractivity contribution >= 4 is 0 Å². The molecule has 0 aliphatic carbocycles. The number of benzene rings is 1. The Morgan fingerprint density at radius 3 is 2.89 bits per heavy atom. The maximum absolute atomic E-state index is 5.79. The second kappa shape index (κ2) is 5.62. The van der Waals surface area contributed by atoms with Crippen LogP contribution < -0.4 is 4.74 Å². The summed E-state index contributed by atoms with van der Waals surface area (Å²) in [4.78, 5) is 0. The van der Waals surface area contributed by atoms with E-state index in [4.69, 9.17) is 4.74 Å². The Labute approximate surface area is 107 Å². The first-order valence-corrected chi connectivity index (χ1v) is 6.29. The van der Waals surface area contributed by atoms with Crippen molar-refractivity contribution in [1.29, 1.82) is 0 Å². The minimum Gasteiger partial charge on any atom is -0.491 e. The summed E-state index contributed by atoms with van der Waals surface area (Å²) in [6, 6.07) is 7.83. The molecule has 0 saturated heterocycles. The molecule has 0 bridgehead atoms. The van der Waals surface area contributed by atoms with E-state index < -0.39 is 0 Å². The van der Waals surface area contributed by atoms with Crippen LogP contribution in [-0.4, -0.2) is 26.3 Å². The van der Waals surface area contributed by atoms with Gasteiger partial charge in [-0.3, -0.25) is 0 Å². The number of hydrogen-bond donors (Lipinski definition) is 0. The van der Waals surface area contributed by atoms with Gasteiger partial charge in [-0.1, -0.05) is 19.9 Å².